The molecule has 0 saturated carbocycles. The Morgan fingerprint density at radius 3 is 2.60 bits per heavy atom. The number of rotatable bonds is 6. The van der Waals surface area contributed by atoms with E-state index in [0.717, 1.165) is 35.7 Å². The van der Waals surface area contributed by atoms with Gasteiger partial charge in [0.15, 0.2) is 11.6 Å². The third-order valence-corrected chi connectivity index (χ3v) is 9.29. The third kappa shape index (κ3) is 5.13. The zero-order valence-electron chi connectivity index (χ0n) is 24.8. The van der Waals surface area contributed by atoms with Crippen LogP contribution in [-0.4, -0.2) is 90.7 Å². The zero-order valence-corrected chi connectivity index (χ0v) is 25.5. The molecule has 4 heterocycles. The van der Waals surface area contributed by atoms with Crippen LogP contribution < -0.4 is 19.3 Å². The number of fused-ring (bicyclic) bond motifs is 2. The second-order valence-electron chi connectivity index (χ2n) is 11.7. The maximum absolute atomic E-state index is 12.4. The summed E-state index contributed by atoms with van der Waals surface area (Å²) in [4.78, 5) is 30.8. The summed E-state index contributed by atoms with van der Waals surface area (Å²) in [6.07, 6.45) is 3.42. The first-order valence-corrected chi connectivity index (χ1v) is 15.1. The number of likely N-dealkylation sites (N-methyl/N-ethyl adjacent to an activating group) is 2. The molecule has 3 aliphatic rings. The highest BCUT2D eigenvalue weighted by Gasteiger charge is 2.39. The monoisotopic (exact) mass is 590 g/mol. The second kappa shape index (κ2) is 11.6. The van der Waals surface area contributed by atoms with E-state index < -0.39 is 0 Å². The van der Waals surface area contributed by atoms with Crippen molar-refractivity contribution < 1.29 is 14.3 Å². The summed E-state index contributed by atoms with van der Waals surface area (Å²) in [6, 6.07) is 12.8. The van der Waals surface area contributed by atoms with Crippen molar-refractivity contribution in [3.05, 3.63) is 59.6 Å². The molecule has 9 nitrogen and oxygen atoms in total. The van der Waals surface area contributed by atoms with Gasteiger partial charge in [-0.25, -0.2) is 0 Å². The highest BCUT2D eigenvalue weighted by atomic mass is 35.5. The van der Waals surface area contributed by atoms with Gasteiger partial charge in [-0.15, -0.1) is 0 Å². The van der Waals surface area contributed by atoms with Crippen molar-refractivity contribution in [2.45, 2.75) is 50.9 Å². The van der Waals surface area contributed by atoms with Crippen LogP contribution in [0, 0.1) is 0 Å². The number of likely N-dealkylation sites (tertiary alicyclic amines) is 1. The molecule has 0 spiro atoms. The lowest BCUT2D eigenvalue weighted by Gasteiger charge is -2.43. The van der Waals surface area contributed by atoms with Gasteiger partial charge in [-0.1, -0.05) is 48.5 Å². The zero-order chi connectivity index (χ0) is 29.5. The number of halogens is 1. The molecule has 222 valence electrons. The van der Waals surface area contributed by atoms with Gasteiger partial charge in [0.1, 0.15) is 12.7 Å². The molecular formula is C32H39ClN6O3. The molecule has 2 saturated heterocycles. The maximum atomic E-state index is 12.4. The first kappa shape index (κ1) is 28.6. The summed E-state index contributed by atoms with van der Waals surface area (Å²) < 4.78 is 13.0. The minimum atomic E-state index is -0.216. The lowest BCUT2D eigenvalue weighted by atomic mass is 9.93. The van der Waals surface area contributed by atoms with Crippen LogP contribution in [0.25, 0.3) is 10.8 Å². The minimum absolute atomic E-state index is 0.0179. The number of carbonyl (C=O) groups excluding carboxylic acids is 1. The smallest absolute Gasteiger partial charge is 0.320 e. The lowest BCUT2D eigenvalue weighted by Crippen LogP contribution is -2.54. The van der Waals surface area contributed by atoms with E-state index in [2.05, 4.69) is 59.5 Å². The normalized spacial score (nSPS) is 24.5. The Bertz CT molecular complexity index is 1500. The molecule has 3 aliphatic heterocycles. The second-order valence-corrected chi connectivity index (χ2v) is 12.1. The number of amides is 1. The lowest BCUT2D eigenvalue weighted by molar-refractivity contribution is -0.128. The number of anilines is 2. The van der Waals surface area contributed by atoms with Gasteiger partial charge < -0.3 is 29.1 Å². The van der Waals surface area contributed by atoms with Gasteiger partial charge in [-0.3, -0.25) is 4.79 Å². The molecule has 4 atom stereocenters. The van der Waals surface area contributed by atoms with Crippen molar-refractivity contribution in [2.24, 2.45) is 0 Å². The van der Waals surface area contributed by atoms with Crippen LogP contribution in [0.4, 0.5) is 11.6 Å². The molecule has 3 aromatic rings. The molecule has 0 aliphatic carbocycles. The summed E-state index contributed by atoms with van der Waals surface area (Å²) in [5, 5.41) is 2.81. The average molecular weight is 591 g/mol. The Labute approximate surface area is 252 Å². The van der Waals surface area contributed by atoms with E-state index in [0.29, 0.717) is 60.7 Å². The molecule has 2 fully saturated rings. The summed E-state index contributed by atoms with van der Waals surface area (Å²) in [5.74, 6) is 1.95. The number of aromatic nitrogens is 2. The maximum Gasteiger partial charge on any atom is 0.320 e. The van der Waals surface area contributed by atoms with Crippen LogP contribution in [-0.2, 0) is 4.79 Å². The molecule has 1 aromatic heterocycles. The van der Waals surface area contributed by atoms with E-state index in [1.54, 1.807) is 0 Å². The quantitative estimate of drug-likeness (QED) is 0.374. The topological polar surface area (TPSA) is 74.3 Å². The van der Waals surface area contributed by atoms with Crippen molar-refractivity contribution >= 4 is 39.9 Å². The summed E-state index contributed by atoms with van der Waals surface area (Å²) in [6.45, 7) is 11.2. The number of ether oxygens (including phenoxy) is 2. The number of piperazine rings is 1. The van der Waals surface area contributed by atoms with E-state index >= 15 is 0 Å². The Morgan fingerprint density at radius 1 is 1.12 bits per heavy atom. The van der Waals surface area contributed by atoms with Crippen molar-refractivity contribution in [3.8, 4) is 11.8 Å². The Morgan fingerprint density at radius 2 is 1.88 bits per heavy atom. The Balaban J connectivity index is 1.39. The molecule has 10 heteroatoms. The van der Waals surface area contributed by atoms with Crippen LogP contribution >= 0.6 is 11.6 Å². The van der Waals surface area contributed by atoms with Crippen LogP contribution in [0.5, 0.6) is 11.8 Å². The van der Waals surface area contributed by atoms with Gasteiger partial charge in [0.05, 0.1) is 6.04 Å². The fourth-order valence-electron chi connectivity index (χ4n) is 6.71. The summed E-state index contributed by atoms with van der Waals surface area (Å²) in [7, 11) is 4.18. The van der Waals surface area contributed by atoms with Crippen LogP contribution in [0.15, 0.2) is 49.1 Å². The molecule has 0 N–H and O–H groups in total. The van der Waals surface area contributed by atoms with E-state index in [1.165, 1.54) is 6.08 Å². The number of nitrogens with zero attached hydrogens (tertiary/aromatic N) is 6. The minimum Gasteiger partial charge on any atom is -0.481 e. The SMILES string of the molecule is C=CC(=O)N1CCN(c2nc(OC[C@@H]3CCCN3C)nc3c2O[C@H](C)C(c2cccc4cccc(Cl)c24)N3C)C[C@H]1C. The standard InChI is InChI=1S/C32H39ClN6O3/c1-6-26(40)39-17-16-38(18-20(39)2)31-29-30(34-32(35-31)41-19-23-12-9-15-36(23)4)37(5)28(21(3)42-29)24-13-7-10-22-11-8-14-25(33)27(22)24/h6-8,10-11,13-14,20-21,23,28H,1,9,12,15-19H2,2-5H3/t20-,21-,23+,28?/m1/s1. The fourth-order valence-corrected chi connectivity index (χ4v) is 7.01. The third-order valence-electron chi connectivity index (χ3n) is 8.97. The molecule has 1 unspecified atom stereocenters. The molecule has 2 aromatic carbocycles. The predicted molar refractivity (Wildman–Crippen MR) is 167 cm³/mol. The van der Waals surface area contributed by atoms with Gasteiger partial charge >= 0.3 is 6.01 Å². The number of benzene rings is 2. The number of hydrogen-bond acceptors (Lipinski definition) is 8. The fraction of sp³-hybridized carbons (Fsp3) is 0.469. The molecule has 0 bridgehead atoms. The first-order chi connectivity index (χ1) is 20.3. The summed E-state index contributed by atoms with van der Waals surface area (Å²) in [5.41, 5.74) is 1.08. The van der Waals surface area contributed by atoms with Gasteiger partial charge in [0, 0.05) is 49.2 Å². The highest BCUT2D eigenvalue weighted by molar-refractivity contribution is 6.35. The van der Waals surface area contributed by atoms with Crippen molar-refractivity contribution in [1.82, 2.24) is 19.8 Å². The first-order valence-electron chi connectivity index (χ1n) is 14.8. The van der Waals surface area contributed by atoms with Crippen LogP contribution in [0.3, 0.4) is 0 Å². The van der Waals surface area contributed by atoms with Crippen LogP contribution in [0.1, 0.15) is 38.3 Å². The molecule has 0 radical (unpaired) electrons. The number of carbonyl (C=O) groups is 1. The van der Waals surface area contributed by atoms with Crippen molar-refractivity contribution in [2.75, 3.05) is 56.7 Å². The summed E-state index contributed by atoms with van der Waals surface area (Å²) >= 11 is 6.75. The van der Waals surface area contributed by atoms with E-state index in [-0.39, 0.29) is 24.1 Å². The predicted octanol–water partition coefficient (Wildman–Crippen LogP) is 4.94. The van der Waals surface area contributed by atoms with Gasteiger partial charge in [0.25, 0.3) is 0 Å². The van der Waals surface area contributed by atoms with Gasteiger partial charge in [-0.05, 0) is 63.4 Å². The number of hydrogen-bond donors (Lipinski definition) is 0. The Hall–Kier alpha value is -3.56. The van der Waals surface area contributed by atoms with Gasteiger partial charge in [-0.2, -0.15) is 9.97 Å². The molecule has 1 amide bonds. The largest absolute Gasteiger partial charge is 0.481 e. The molecule has 42 heavy (non-hydrogen) atoms. The van der Waals surface area contributed by atoms with Crippen molar-refractivity contribution in [1.29, 1.82) is 0 Å². The van der Waals surface area contributed by atoms with Crippen LogP contribution in [0.2, 0.25) is 5.02 Å². The highest BCUT2D eigenvalue weighted by Crippen LogP contribution is 2.47. The average Bonchev–Trinajstić information content (AvgIpc) is 3.40. The molecule has 6 rings (SSSR count). The van der Waals surface area contributed by atoms with E-state index in [4.69, 9.17) is 31.0 Å². The van der Waals surface area contributed by atoms with E-state index in [1.807, 2.05) is 31.0 Å². The van der Waals surface area contributed by atoms with E-state index in [9.17, 15) is 4.79 Å². The van der Waals surface area contributed by atoms with Crippen molar-refractivity contribution in [3.63, 3.8) is 0 Å². The Kier molecular flexibility index (Phi) is 7.89. The van der Waals surface area contributed by atoms with Gasteiger partial charge in [0.2, 0.25) is 11.7 Å². The molecular weight excluding hydrogens is 552 g/mol.